The third-order valence-electron chi connectivity index (χ3n) is 3.09. The van der Waals surface area contributed by atoms with Crippen molar-refractivity contribution in [3.8, 4) is 0 Å². The van der Waals surface area contributed by atoms with E-state index < -0.39 is 10.0 Å². The van der Waals surface area contributed by atoms with E-state index in [1.54, 1.807) is 18.2 Å². The Bertz CT molecular complexity index is 621. The number of amidine groups is 1. The van der Waals surface area contributed by atoms with E-state index in [1.807, 2.05) is 0 Å². The first-order valence-corrected chi connectivity index (χ1v) is 7.94. The van der Waals surface area contributed by atoms with Gasteiger partial charge in [-0.15, -0.1) is 4.40 Å². The fraction of sp³-hybridized carbons (Fsp3) is 0.364. The van der Waals surface area contributed by atoms with E-state index in [9.17, 15) is 8.42 Å². The van der Waals surface area contributed by atoms with Crippen molar-refractivity contribution in [3.63, 3.8) is 0 Å². The van der Waals surface area contributed by atoms with Gasteiger partial charge in [-0.25, -0.2) is 0 Å². The van der Waals surface area contributed by atoms with Gasteiger partial charge in [0.1, 0.15) is 10.7 Å². The van der Waals surface area contributed by atoms with E-state index in [1.165, 1.54) is 0 Å². The number of nitrogens with zero attached hydrogens (tertiary/aromatic N) is 1. The molecule has 0 spiro atoms. The van der Waals surface area contributed by atoms with Gasteiger partial charge in [-0.1, -0.05) is 15.9 Å². The minimum Gasteiger partial charge on any atom is -0.341 e. The molecular formula is C11H12BrN3O2S. The second kappa shape index (κ2) is 4.32. The summed E-state index contributed by atoms with van der Waals surface area (Å²) < 4.78 is 28.9. The number of nitrogens with one attached hydrogen (secondary N) is 2. The Labute approximate surface area is 114 Å². The summed E-state index contributed by atoms with van der Waals surface area (Å²) in [6.07, 6.45) is 1.95. The summed E-state index contributed by atoms with van der Waals surface area (Å²) in [6, 6.07) is 5.03. The van der Waals surface area contributed by atoms with E-state index in [0.29, 0.717) is 11.5 Å². The highest BCUT2D eigenvalue weighted by Crippen LogP contribution is 2.31. The van der Waals surface area contributed by atoms with E-state index in [2.05, 4.69) is 31.0 Å². The molecule has 0 unspecified atom stereocenters. The molecule has 1 atom stereocenters. The highest BCUT2D eigenvalue weighted by Gasteiger charge is 2.30. The van der Waals surface area contributed by atoms with Gasteiger partial charge in [0, 0.05) is 4.47 Å². The third kappa shape index (κ3) is 2.06. The molecule has 1 aromatic rings. The van der Waals surface area contributed by atoms with Crippen LogP contribution in [0.2, 0.25) is 0 Å². The van der Waals surface area contributed by atoms with Crippen LogP contribution in [0.3, 0.4) is 0 Å². The molecular weight excluding hydrogens is 318 g/mol. The molecule has 2 N–H and O–H groups in total. The minimum absolute atomic E-state index is 0.00640. The molecule has 0 aliphatic carbocycles. The van der Waals surface area contributed by atoms with Gasteiger partial charge in [0.05, 0.1) is 11.7 Å². The van der Waals surface area contributed by atoms with Gasteiger partial charge in [-0.3, -0.25) is 0 Å². The molecule has 2 aliphatic heterocycles. The van der Waals surface area contributed by atoms with Crippen molar-refractivity contribution in [2.45, 2.75) is 23.8 Å². The summed E-state index contributed by atoms with van der Waals surface area (Å²) in [4.78, 5) is 0.229. The van der Waals surface area contributed by atoms with Crippen molar-refractivity contribution in [1.29, 1.82) is 0 Å². The molecule has 3 rings (SSSR count). The maximum absolute atomic E-state index is 12.1. The Morgan fingerprint density at radius 3 is 2.94 bits per heavy atom. The Morgan fingerprint density at radius 1 is 1.39 bits per heavy atom. The van der Waals surface area contributed by atoms with Gasteiger partial charge in [-0.2, -0.15) is 8.42 Å². The Kier molecular flexibility index (Phi) is 2.91. The van der Waals surface area contributed by atoms with E-state index in [-0.39, 0.29) is 10.9 Å². The highest BCUT2D eigenvalue weighted by molar-refractivity contribution is 9.10. The average Bonchev–Trinajstić information content (AvgIpc) is 2.80. The van der Waals surface area contributed by atoms with Gasteiger partial charge >= 0.3 is 0 Å². The van der Waals surface area contributed by atoms with Crippen LogP contribution in [0.1, 0.15) is 12.8 Å². The molecule has 1 aromatic carbocycles. The monoisotopic (exact) mass is 329 g/mol. The van der Waals surface area contributed by atoms with Crippen molar-refractivity contribution >= 4 is 37.5 Å². The summed E-state index contributed by atoms with van der Waals surface area (Å²) >= 11 is 3.34. The van der Waals surface area contributed by atoms with Crippen molar-refractivity contribution in [1.82, 2.24) is 5.32 Å². The number of anilines is 1. The molecule has 0 aromatic heterocycles. The molecule has 5 nitrogen and oxygen atoms in total. The molecule has 0 saturated carbocycles. The number of halogens is 1. The Balaban J connectivity index is 2.06. The van der Waals surface area contributed by atoms with E-state index >= 15 is 0 Å². The summed E-state index contributed by atoms with van der Waals surface area (Å²) in [5.74, 6) is 0.498. The molecule has 96 valence electrons. The zero-order valence-corrected chi connectivity index (χ0v) is 11.9. The van der Waals surface area contributed by atoms with Gasteiger partial charge < -0.3 is 10.6 Å². The Morgan fingerprint density at radius 2 is 2.22 bits per heavy atom. The zero-order chi connectivity index (χ0) is 12.8. The molecule has 1 saturated heterocycles. The van der Waals surface area contributed by atoms with Gasteiger partial charge in [0.25, 0.3) is 10.0 Å². The lowest BCUT2D eigenvalue weighted by atomic mass is 10.2. The molecule has 0 radical (unpaired) electrons. The second-order valence-electron chi connectivity index (χ2n) is 4.37. The van der Waals surface area contributed by atoms with Gasteiger partial charge in [-0.05, 0) is 37.6 Å². The minimum atomic E-state index is -3.58. The third-order valence-corrected chi connectivity index (χ3v) is 4.93. The van der Waals surface area contributed by atoms with Crippen LogP contribution in [0.5, 0.6) is 0 Å². The summed E-state index contributed by atoms with van der Waals surface area (Å²) in [6.45, 7) is 0.900. The first-order valence-electron chi connectivity index (χ1n) is 5.71. The van der Waals surface area contributed by atoms with Crippen LogP contribution < -0.4 is 10.6 Å². The number of benzene rings is 1. The van der Waals surface area contributed by atoms with Gasteiger partial charge in [0.2, 0.25) is 0 Å². The number of fused-ring (bicyclic) bond motifs is 1. The molecule has 2 aliphatic rings. The molecule has 18 heavy (non-hydrogen) atoms. The van der Waals surface area contributed by atoms with Crippen molar-refractivity contribution in [3.05, 3.63) is 22.7 Å². The number of hydrogen-bond acceptors (Lipinski definition) is 4. The quantitative estimate of drug-likeness (QED) is 0.822. The molecule has 0 amide bonds. The topological polar surface area (TPSA) is 70.6 Å². The SMILES string of the molecule is O=S1(=O)N=C([C@@H]2CCCN2)Nc2cc(Br)ccc21. The van der Waals surface area contributed by atoms with Crippen LogP contribution in [-0.4, -0.2) is 26.8 Å². The number of hydrogen-bond donors (Lipinski definition) is 2. The maximum Gasteiger partial charge on any atom is 0.286 e. The lowest BCUT2D eigenvalue weighted by Gasteiger charge is -2.22. The van der Waals surface area contributed by atoms with E-state index in [4.69, 9.17) is 0 Å². The average molecular weight is 330 g/mol. The largest absolute Gasteiger partial charge is 0.341 e. The molecule has 7 heteroatoms. The van der Waals surface area contributed by atoms with Crippen LogP contribution in [0.15, 0.2) is 32.0 Å². The Hall–Kier alpha value is -0.920. The molecule has 0 bridgehead atoms. The predicted molar refractivity (Wildman–Crippen MR) is 73.4 cm³/mol. The summed E-state index contributed by atoms with van der Waals surface area (Å²) in [5, 5.41) is 6.35. The van der Waals surface area contributed by atoms with Crippen LogP contribution >= 0.6 is 15.9 Å². The second-order valence-corrected chi connectivity index (χ2v) is 6.85. The standard InChI is InChI=1S/C11H12BrN3O2S/c12-7-3-4-10-9(6-7)14-11(15-18(10,16)17)8-2-1-5-13-8/h3-4,6,8,13H,1-2,5H2,(H,14,15)/t8-/m0/s1. The predicted octanol–water partition coefficient (Wildman–Crippen LogP) is 1.71. The first kappa shape index (κ1) is 12.1. The number of rotatable bonds is 1. The van der Waals surface area contributed by atoms with Crippen LogP contribution in [-0.2, 0) is 10.0 Å². The highest BCUT2D eigenvalue weighted by atomic mass is 79.9. The summed E-state index contributed by atoms with van der Waals surface area (Å²) in [7, 11) is -3.58. The molecule has 2 heterocycles. The normalized spacial score (nSPS) is 25.2. The number of sulfonamides is 1. The zero-order valence-electron chi connectivity index (χ0n) is 9.48. The van der Waals surface area contributed by atoms with Crippen molar-refractivity contribution < 1.29 is 8.42 Å². The van der Waals surface area contributed by atoms with E-state index in [0.717, 1.165) is 23.9 Å². The maximum atomic E-state index is 12.1. The lowest BCUT2D eigenvalue weighted by molar-refractivity contribution is 0.597. The van der Waals surface area contributed by atoms with Gasteiger partial charge in [0.15, 0.2) is 0 Å². The summed E-state index contributed by atoms with van der Waals surface area (Å²) in [5.41, 5.74) is 0.586. The van der Waals surface area contributed by atoms with Crippen LogP contribution in [0, 0.1) is 0 Å². The fourth-order valence-corrected chi connectivity index (χ4v) is 3.75. The molecule has 1 fully saturated rings. The fourth-order valence-electron chi connectivity index (χ4n) is 2.23. The van der Waals surface area contributed by atoms with Crippen molar-refractivity contribution in [2.24, 2.45) is 4.40 Å². The smallest absolute Gasteiger partial charge is 0.286 e. The van der Waals surface area contributed by atoms with Crippen LogP contribution in [0.4, 0.5) is 5.69 Å². The first-order chi connectivity index (χ1) is 8.56. The van der Waals surface area contributed by atoms with Crippen LogP contribution in [0.25, 0.3) is 0 Å². The lowest BCUT2D eigenvalue weighted by Crippen LogP contribution is -2.38. The van der Waals surface area contributed by atoms with Crippen molar-refractivity contribution in [2.75, 3.05) is 11.9 Å².